The van der Waals surface area contributed by atoms with Crippen molar-refractivity contribution < 1.29 is 14.3 Å². The van der Waals surface area contributed by atoms with Crippen LogP contribution in [0.15, 0.2) is 12.3 Å². The maximum atomic E-state index is 11.3. The van der Waals surface area contributed by atoms with Crippen LogP contribution in [0.5, 0.6) is 5.88 Å². The Kier molecular flexibility index (Phi) is 3.91. The van der Waals surface area contributed by atoms with Gasteiger partial charge in [0.1, 0.15) is 0 Å². The molecule has 5 heteroatoms. The monoisotopic (exact) mass is 229 g/mol. The van der Waals surface area contributed by atoms with Crippen LogP contribution >= 0.6 is 11.6 Å². The molecule has 0 saturated carbocycles. The number of hydrogen-bond donors (Lipinski definition) is 0. The van der Waals surface area contributed by atoms with Crippen LogP contribution in [0.4, 0.5) is 0 Å². The average molecular weight is 230 g/mol. The Morgan fingerprint density at radius 3 is 2.73 bits per heavy atom. The van der Waals surface area contributed by atoms with Crippen LogP contribution in [-0.2, 0) is 4.74 Å². The van der Waals surface area contributed by atoms with Crippen molar-refractivity contribution in [2.45, 2.75) is 20.0 Å². The van der Waals surface area contributed by atoms with E-state index in [2.05, 4.69) is 9.72 Å². The van der Waals surface area contributed by atoms with Crippen LogP contribution < -0.4 is 4.74 Å². The lowest BCUT2D eigenvalue weighted by atomic mass is 10.2. The number of aromatic nitrogens is 1. The summed E-state index contributed by atoms with van der Waals surface area (Å²) in [6.07, 6.45) is 1.36. The van der Waals surface area contributed by atoms with E-state index in [0.29, 0.717) is 5.88 Å². The lowest BCUT2D eigenvalue weighted by molar-refractivity contribution is 0.0600. The van der Waals surface area contributed by atoms with Crippen LogP contribution in [0.25, 0.3) is 0 Å². The zero-order valence-corrected chi connectivity index (χ0v) is 9.54. The van der Waals surface area contributed by atoms with Crippen molar-refractivity contribution >= 4 is 17.6 Å². The van der Waals surface area contributed by atoms with Gasteiger partial charge in [0.2, 0.25) is 5.88 Å². The molecule has 4 nitrogen and oxygen atoms in total. The van der Waals surface area contributed by atoms with Gasteiger partial charge in [-0.1, -0.05) is 11.6 Å². The maximum Gasteiger partial charge on any atom is 0.339 e. The first-order valence-corrected chi connectivity index (χ1v) is 4.83. The molecule has 0 fully saturated rings. The largest absolute Gasteiger partial charge is 0.475 e. The van der Waals surface area contributed by atoms with E-state index in [-0.39, 0.29) is 16.7 Å². The van der Waals surface area contributed by atoms with Crippen molar-refractivity contribution in [1.82, 2.24) is 4.98 Å². The van der Waals surface area contributed by atoms with Gasteiger partial charge in [-0.05, 0) is 13.8 Å². The second kappa shape index (κ2) is 4.98. The number of nitrogens with zero attached hydrogens (tertiary/aromatic N) is 1. The van der Waals surface area contributed by atoms with E-state index in [1.54, 1.807) is 0 Å². The van der Waals surface area contributed by atoms with Gasteiger partial charge in [-0.15, -0.1) is 0 Å². The second-order valence-corrected chi connectivity index (χ2v) is 3.57. The van der Waals surface area contributed by atoms with Crippen molar-refractivity contribution in [2.24, 2.45) is 0 Å². The molecule has 0 atom stereocenters. The summed E-state index contributed by atoms with van der Waals surface area (Å²) in [5.74, 6) is -0.147. The van der Waals surface area contributed by atoms with Gasteiger partial charge in [0.15, 0.2) is 0 Å². The van der Waals surface area contributed by atoms with Gasteiger partial charge in [0, 0.05) is 6.07 Å². The number of carbonyl (C=O) groups is 1. The summed E-state index contributed by atoms with van der Waals surface area (Å²) in [6, 6.07) is 1.47. The Hall–Kier alpha value is -1.29. The van der Waals surface area contributed by atoms with Crippen molar-refractivity contribution in [3.8, 4) is 5.88 Å². The summed E-state index contributed by atoms with van der Waals surface area (Å²) in [6.45, 7) is 3.74. The Bertz CT molecular complexity index is 366. The number of carbonyl (C=O) groups excluding carboxylic acids is 1. The molecule has 0 unspecified atom stereocenters. The molecule has 0 aliphatic rings. The lowest BCUT2D eigenvalue weighted by Gasteiger charge is -2.09. The number of pyridine rings is 1. The molecule has 0 bridgehead atoms. The predicted molar refractivity (Wildman–Crippen MR) is 56.4 cm³/mol. The van der Waals surface area contributed by atoms with E-state index < -0.39 is 5.97 Å². The molecular weight excluding hydrogens is 218 g/mol. The highest BCUT2D eigenvalue weighted by atomic mass is 35.5. The number of halogens is 1. The molecule has 0 aliphatic heterocycles. The first-order valence-electron chi connectivity index (χ1n) is 4.45. The molecule has 1 aromatic rings. The highest BCUT2D eigenvalue weighted by Crippen LogP contribution is 2.20. The zero-order valence-electron chi connectivity index (χ0n) is 8.78. The summed E-state index contributed by atoms with van der Waals surface area (Å²) in [7, 11) is 1.29. The van der Waals surface area contributed by atoms with Crippen LogP contribution in [-0.4, -0.2) is 24.2 Å². The number of methoxy groups -OCH3 is 1. The Morgan fingerprint density at radius 2 is 2.20 bits per heavy atom. The van der Waals surface area contributed by atoms with Gasteiger partial charge in [0.05, 0.1) is 30.0 Å². The first-order chi connectivity index (χ1) is 7.04. The van der Waals surface area contributed by atoms with Crippen molar-refractivity contribution in [1.29, 1.82) is 0 Å². The van der Waals surface area contributed by atoms with Crippen molar-refractivity contribution in [3.63, 3.8) is 0 Å². The highest BCUT2D eigenvalue weighted by molar-refractivity contribution is 6.33. The molecule has 0 saturated heterocycles. The third-order valence-corrected chi connectivity index (χ3v) is 1.89. The van der Waals surface area contributed by atoms with Crippen LogP contribution in [0.1, 0.15) is 24.2 Å². The fraction of sp³-hybridized carbons (Fsp3) is 0.400. The number of hydrogen-bond acceptors (Lipinski definition) is 4. The maximum absolute atomic E-state index is 11.3. The van der Waals surface area contributed by atoms with E-state index in [1.165, 1.54) is 19.4 Å². The molecule has 15 heavy (non-hydrogen) atoms. The van der Waals surface area contributed by atoms with Gasteiger partial charge in [-0.3, -0.25) is 0 Å². The van der Waals surface area contributed by atoms with Crippen LogP contribution in [0.3, 0.4) is 0 Å². The molecule has 82 valence electrons. The van der Waals surface area contributed by atoms with E-state index >= 15 is 0 Å². The topological polar surface area (TPSA) is 48.4 Å². The highest BCUT2D eigenvalue weighted by Gasteiger charge is 2.13. The Balaban J connectivity index is 3.00. The molecule has 0 spiro atoms. The van der Waals surface area contributed by atoms with Crippen LogP contribution in [0.2, 0.25) is 5.02 Å². The van der Waals surface area contributed by atoms with Crippen molar-refractivity contribution in [2.75, 3.05) is 7.11 Å². The van der Waals surface area contributed by atoms with Crippen molar-refractivity contribution in [3.05, 3.63) is 22.8 Å². The molecule has 0 radical (unpaired) electrons. The minimum atomic E-state index is -0.504. The van der Waals surface area contributed by atoms with E-state index in [4.69, 9.17) is 16.3 Å². The molecule has 0 amide bonds. The second-order valence-electron chi connectivity index (χ2n) is 3.16. The summed E-state index contributed by atoms with van der Waals surface area (Å²) in [5.41, 5.74) is 0.254. The molecule has 0 aromatic carbocycles. The lowest BCUT2D eigenvalue weighted by Crippen LogP contribution is -2.09. The summed E-state index contributed by atoms with van der Waals surface area (Å²) >= 11 is 5.79. The fourth-order valence-electron chi connectivity index (χ4n) is 0.992. The Labute approximate surface area is 93.2 Å². The number of ether oxygens (including phenoxy) is 2. The van der Waals surface area contributed by atoms with Gasteiger partial charge in [0.25, 0.3) is 0 Å². The van der Waals surface area contributed by atoms with Gasteiger partial charge in [-0.2, -0.15) is 0 Å². The minimum Gasteiger partial charge on any atom is -0.475 e. The van der Waals surface area contributed by atoms with Gasteiger partial charge >= 0.3 is 5.97 Å². The van der Waals surface area contributed by atoms with Crippen LogP contribution in [0, 0.1) is 0 Å². The molecule has 1 aromatic heterocycles. The van der Waals surface area contributed by atoms with Gasteiger partial charge in [-0.25, -0.2) is 9.78 Å². The minimum absolute atomic E-state index is 0.0100. The van der Waals surface area contributed by atoms with Gasteiger partial charge < -0.3 is 9.47 Å². The molecule has 1 heterocycles. The summed E-state index contributed by atoms with van der Waals surface area (Å²) < 4.78 is 9.90. The van der Waals surface area contributed by atoms with E-state index in [1.807, 2.05) is 13.8 Å². The third-order valence-electron chi connectivity index (χ3n) is 1.59. The smallest absolute Gasteiger partial charge is 0.339 e. The fourth-order valence-corrected chi connectivity index (χ4v) is 1.17. The quantitative estimate of drug-likeness (QED) is 0.747. The standard InChI is InChI=1S/C10H12ClNO3/c1-6(2)15-9-4-7(10(13)14-3)8(11)5-12-9/h4-6H,1-3H3. The molecular formula is C10H12ClNO3. The summed E-state index contributed by atoms with van der Waals surface area (Å²) in [5, 5.41) is 0.248. The third kappa shape index (κ3) is 3.09. The normalized spacial score (nSPS) is 10.2. The zero-order chi connectivity index (χ0) is 11.4. The molecule has 1 rings (SSSR count). The number of esters is 1. The average Bonchev–Trinajstić information content (AvgIpc) is 2.19. The first kappa shape index (κ1) is 11.8. The summed E-state index contributed by atoms with van der Waals surface area (Å²) in [4.78, 5) is 15.2. The number of rotatable bonds is 3. The predicted octanol–water partition coefficient (Wildman–Crippen LogP) is 2.31. The molecule has 0 aliphatic carbocycles. The SMILES string of the molecule is COC(=O)c1cc(OC(C)C)ncc1Cl. The van der Waals surface area contributed by atoms with E-state index in [0.717, 1.165) is 0 Å². The Morgan fingerprint density at radius 1 is 1.53 bits per heavy atom. The molecule has 0 N–H and O–H groups in total. The van der Waals surface area contributed by atoms with E-state index in [9.17, 15) is 4.79 Å².